The highest BCUT2D eigenvalue weighted by atomic mass is 32.2. The summed E-state index contributed by atoms with van der Waals surface area (Å²) in [5, 5.41) is 13.1. The molecule has 126 valence electrons. The Morgan fingerprint density at radius 1 is 1.54 bits per heavy atom. The van der Waals surface area contributed by atoms with Gasteiger partial charge in [0.05, 0.1) is 12.1 Å². The minimum atomic E-state index is -0.406. The minimum absolute atomic E-state index is 0.121. The van der Waals surface area contributed by atoms with Crippen molar-refractivity contribution < 1.29 is 9.18 Å². The predicted molar refractivity (Wildman–Crippen MR) is 91.3 cm³/mol. The van der Waals surface area contributed by atoms with Crippen LogP contribution in [0.15, 0.2) is 29.2 Å². The molecule has 1 aromatic carbocycles. The van der Waals surface area contributed by atoms with E-state index in [9.17, 15) is 9.18 Å². The number of carbonyl (C=O) groups is 1. The Morgan fingerprint density at radius 2 is 2.33 bits per heavy atom. The molecule has 0 aliphatic carbocycles. The molecule has 0 amide bonds. The van der Waals surface area contributed by atoms with Crippen LogP contribution in [-0.2, 0) is 0 Å². The number of hydrogen-bond donors (Lipinski definition) is 2. The number of nitrogens with one attached hydrogen (secondary N) is 2. The second kappa shape index (κ2) is 7.03. The first-order chi connectivity index (χ1) is 11.5. The summed E-state index contributed by atoms with van der Waals surface area (Å²) in [5.41, 5.74) is 5.49. The van der Waals surface area contributed by atoms with Gasteiger partial charge in [-0.05, 0) is 48.4 Å². The molecule has 2 aliphatic rings. The van der Waals surface area contributed by atoms with Gasteiger partial charge in [-0.2, -0.15) is 5.26 Å². The van der Waals surface area contributed by atoms with Crippen molar-refractivity contribution >= 4 is 17.7 Å². The molecule has 2 aliphatic heterocycles. The lowest BCUT2D eigenvalue weighted by molar-refractivity contribution is 0.101. The summed E-state index contributed by atoms with van der Waals surface area (Å²) in [6.07, 6.45) is 1.53. The third-order valence-corrected chi connectivity index (χ3v) is 5.31. The Bertz CT molecular complexity index is 730. The number of Topliss-reactive ketones (excluding diaryl/α,β-unsaturated/α-hetero) is 1. The molecule has 3 unspecified atom stereocenters. The minimum Gasteiger partial charge on any atom is -0.294 e. The third kappa shape index (κ3) is 3.37. The van der Waals surface area contributed by atoms with Crippen LogP contribution < -0.4 is 10.1 Å². The van der Waals surface area contributed by atoms with Gasteiger partial charge in [0.25, 0.3) is 0 Å². The standard InChI is InChI=1S/C17H19FN4OS/c1-10(23)16-6-12(18)3-4-15(16)17-11(9-24-21-17)5-14-7-13(8-19)20-22(14)2/h3-4,6,9,13-14,17,20-21H,5,7H2,1-2H3. The predicted octanol–water partition coefficient (Wildman–Crippen LogP) is 2.70. The van der Waals surface area contributed by atoms with Crippen LogP contribution >= 0.6 is 11.9 Å². The fraction of sp³-hybridized carbons (Fsp3) is 0.412. The second-order valence-corrected chi connectivity index (χ2v) is 6.87. The smallest absolute Gasteiger partial charge is 0.160 e. The maximum absolute atomic E-state index is 13.5. The number of carbonyl (C=O) groups excluding carboxylic acids is 1. The number of nitrogens with zero attached hydrogens (tertiary/aromatic N) is 2. The van der Waals surface area contributed by atoms with Crippen molar-refractivity contribution in [2.45, 2.75) is 37.9 Å². The van der Waals surface area contributed by atoms with Gasteiger partial charge in [0.2, 0.25) is 0 Å². The molecule has 0 saturated carbocycles. The van der Waals surface area contributed by atoms with E-state index in [1.807, 2.05) is 17.5 Å². The molecule has 3 rings (SSSR count). The van der Waals surface area contributed by atoms with Crippen LogP contribution in [0.2, 0.25) is 0 Å². The Morgan fingerprint density at radius 3 is 3.00 bits per heavy atom. The van der Waals surface area contributed by atoms with E-state index in [0.29, 0.717) is 5.56 Å². The number of halogens is 1. The SMILES string of the molecule is CC(=O)c1cc(F)ccc1C1NSC=C1CC1CC(C#N)NN1C. The average molecular weight is 346 g/mol. The van der Waals surface area contributed by atoms with Crippen molar-refractivity contribution in [2.75, 3.05) is 7.05 Å². The number of benzene rings is 1. The highest BCUT2D eigenvalue weighted by Crippen LogP contribution is 2.37. The molecular weight excluding hydrogens is 327 g/mol. The molecule has 0 bridgehead atoms. The number of rotatable bonds is 4. The molecule has 2 N–H and O–H groups in total. The Hall–Kier alpha value is -1.72. The highest BCUT2D eigenvalue weighted by molar-refractivity contribution is 8.00. The Balaban J connectivity index is 1.82. The van der Waals surface area contributed by atoms with Gasteiger partial charge in [-0.1, -0.05) is 18.0 Å². The topological polar surface area (TPSA) is 68.2 Å². The molecule has 3 atom stereocenters. The van der Waals surface area contributed by atoms with E-state index in [2.05, 4.69) is 16.2 Å². The van der Waals surface area contributed by atoms with E-state index in [1.165, 1.54) is 31.0 Å². The number of hydrogen-bond acceptors (Lipinski definition) is 6. The first kappa shape index (κ1) is 17.1. The molecule has 5 nitrogen and oxygen atoms in total. The Labute approximate surface area is 145 Å². The van der Waals surface area contributed by atoms with E-state index in [4.69, 9.17) is 5.26 Å². The van der Waals surface area contributed by atoms with Gasteiger partial charge in [0.1, 0.15) is 11.9 Å². The zero-order chi connectivity index (χ0) is 17.3. The van der Waals surface area contributed by atoms with Gasteiger partial charge in [0, 0.05) is 18.7 Å². The zero-order valence-corrected chi connectivity index (χ0v) is 14.4. The summed E-state index contributed by atoms with van der Waals surface area (Å²) in [7, 11) is 1.94. The van der Waals surface area contributed by atoms with Crippen LogP contribution in [-0.4, -0.2) is 29.9 Å². The fourth-order valence-corrected chi connectivity index (χ4v) is 4.11. The molecule has 1 aromatic rings. The average Bonchev–Trinajstić information content (AvgIpc) is 3.14. The highest BCUT2D eigenvalue weighted by Gasteiger charge is 2.33. The van der Waals surface area contributed by atoms with Crippen molar-refractivity contribution in [3.05, 3.63) is 46.1 Å². The van der Waals surface area contributed by atoms with Gasteiger partial charge in [-0.25, -0.2) is 19.5 Å². The summed E-state index contributed by atoms with van der Waals surface area (Å²) in [6, 6.07) is 6.53. The van der Waals surface area contributed by atoms with Crippen LogP contribution in [0, 0.1) is 17.1 Å². The lowest BCUT2D eigenvalue weighted by Gasteiger charge is -2.23. The van der Waals surface area contributed by atoms with Crippen LogP contribution in [0.25, 0.3) is 0 Å². The van der Waals surface area contributed by atoms with Crippen molar-refractivity contribution in [3.63, 3.8) is 0 Å². The Kier molecular flexibility index (Phi) is 5.01. The van der Waals surface area contributed by atoms with Crippen LogP contribution in [0.5, 0.6) is 0 Å². The van der Waals surface area contributed by atoms with E-state index < -0.39 is 5.82 Å². The largest absolute Gasteiger partial charge is 0.294 e. The number of nitriles is 1. The molecule has 24 heavy (non-hydrogen) atoms. The van der Waals surface area contributed by atoms with Gasteiger partial charge in [-0.3, -0.25) is 4.79 Å². The lowest BCUT2D eigenvalue weighted by atomic mass is 9.90. The molecule has 0 radical (unpaired) electrons. The fourth-order valence-electron chi connectivity index (χ4n) is 3.24. The zero-order valence-electron chi connectivity index (χ0n) is 13.5. The van der Waals surface area contributed by atoms with Crippen LogP contribution in [0.3, 0.4) is 0 Å². The molecule has 1 fully saturated rings. The maximum Gasteiger partial charge on any atom is 0.160 e. The van der Waals surface area contributed by atoms with E-state index in [1.54, 1.807) is 6.07 Å². The van der Waals surface area contributed by atoms with Gasteiger partial charge >= 0.3 is 0 Å². The first-order valence-electron chi connectivity index (χ1n) is 7.78. The van der Waals surface area contributed by atoms with Crippen molar-refractivity contribution in [1.82, 2.24) is 15.2 Å². The van der Waals surface area contributed by atoms with Crippen molar-refractivity contribution in [2.24, 2.45) is 0 Å². The van der Waals surface area contributed by atoms with E-state index in [-0.39, 0.29) is 23.9 Å². The molecule has 0 spiro atoms. The summed E-state index contributed by atoms with van der Waals surface area (Å²) in [6.45, 7) is 1.45. The van der Waals surface area contributed by atoms with E-state index in [0.717, 1.165) is 24.0 Å². The second-order valence-electron chi connectivity index (χ2n) is 6.16. The van der Waals surface area contributed by atoms with Crippen LogP contribution in [0.4, 0.5) is 4.39 Å². The quantitative estimate of drug-likeness (QED) is 0.645. The molecule has 0 aromatic heterocycles. The van der Waals surface area contributed by atoms with Gasteiger partial charge < -0.3 is 0 Å². The van der Waals surface area contributed by atoms with Crippen molar-refractivity contribution in [3.8, 4) is 6.07 Å². The number of hydrazine groups is 1. The first-order valence-corrected chi connectivity index (χ1v) is 8.66. The lowest BCUT2D eigenvalue weighted by Crippen LogP contribution is -2.35. The van der Waals surface area contributed by atoms with Crippen molar-refractivity contribution in [1.29, 1.82) is 5.26 Å². The third-order valence-electron chi connectivity index (χ3n) is 4.51. The molecular formula is C17H19FN4OS. The molecule has 2 heterocycles. The normalized spacial score (nSPS) is 27.1. The van der Waals surface area contributed by atoms with Crippen LogP contribution in [0.1, 0.15) is 41.7 Å². The van der Waals surface area contributed by atoms with Gasteiger partial charge in [-0.15, -0.1) is 0 Å². The molecule has 7 heteroatoms. The van der Waals surface area contributed by atoms with E-state index >= 15 is 0 Å². The summed E-state index contributed by atoms with van der Waals surface area (Å²) < 4.78 is 16.8. The monoisotopic (exact) mass is 346 g/mol. The maximum atomic E-state index is 13.5. The summed E-state index contributed by atoms with van der Waals surface area (Å²) in [4.78, 5) is 11.9. The summed E-state index contributed by atoms with van der Waals surface area (Å²) >= 11 is 1.48. The summed E-state index contributed by atoms with van der Waals surface area (Å²) in [5.74, 6) is -0.552. The molecule has 1 saturated heterocycles. The number of ketones is 1. The van der Waals surface area contributed by atoms with Gasteiger partial charge in [0.15, 0.2) is 5.78 Å².